The van der Waals surface area contributed by atoms with Crippen LogP contribution in [0.5, 0.6) is 0 Å². The Labute approximate surface area is 92.3 Å². The summed E-state index contributed by atoms with van der Waals surface area (Å²) in [4.78, 5) is 0. The van der Waals surface area contributed by atoms with Gasteiger partial charge in [-0.15, -0.1) is 0 Å². The molecule has 1 rings (SSSR count). The second-order valence-electron chi connectivity index (χ2n) is 3.28. The van der Waals surface area contributed by atoms with Crippen LogP contribution in [-0.2, 0) is 0 Å². The summed E-state index contributed by atoms with van der Waals surface area (Å²) in [7, 11) is 0. The van der Waals surface area contributed by atoms with Gasteiger partial charge >= 0.3 is 0 Å². The highest BCUT2D eigenvalue weighted by Crippen LogP contribution is 2.19. The van der Waals surface area contributed by atoms with Gasteiger partial charge in [0.1, 0.15) is 0 Å². The molecule has 13 heavy (non-hydrogen) atoms. The lowest BCUT2D eigenvalue weighted by Crippen LogP contribution is -2.23. The van der Waals surface area contributed by atoms with Gasteiger partial charge in [-0.2, -0.15) is 0 Å². The molecule has 0 aliphatic rings. The molecule has 0 aliphatic heterocycles. The molecule has 0 unspecified atom stereocenters. The molecule has 0 aromatic heterocycles. The third kappa shape index (κ3) is 2.65. The molecule has 0 saturated carbocycles. The molecular weight excluding hydrogens is 277 g/mol. The highest BCUT2D eigenvalue weighted by Gasteiger charge is 2.12. The summed E-state index contributed by atoms with van der Waals surface area (Å²) >= 11 is 2.28. The fraction of sp³-hybridized carbons (Fsp3) is 0.400. The number of aliphatic hydroxyl groups excluding tert-OH is 1. The molecule has 0 radical (unpaired) electrons. The Hall–Kier alpha value is -0.130. The van der Waals surface area contributed by atoms with Crippen molar-refractivity contribution in [2.45, 2.75) is 26.0 Å². The first kappa shape index (κ1) is 10.9. The number of nitrogens with two attached hydrogens (primary N) is 1. The first-order chi connectivity index (χ1) is 6.02. The third-order valence-electron chi connectivity index (χ3n) is 2.09. The fourth-order valence-corrected chi connectivity index (χ4v) is 1.49. The van der Waals surface area contributed by atoms with Gasteiger partial charge in [-0.1, -0.05) is 12.1 Å². The Morgan fingerprint density at radius 3 is 2.54 bits per heavy atom. The van der Waals surface area contributed by atoms with Crippen molar-refractivity contribution in [2.75, 3.05) is 0 Å². The van der Waals surface area contributed by atoms with Crippen LogP contribution in [0.15, 0.2) is 18.2 Å². The second-order valence-corrected chi connectivity index (χ2v) is 4.44. The van der Waals surface area contributed by atoms with Crippen LogP contribution >= 0.6 is 22.6 Å². The molecule has 2 nitrogen and oxygen atoms in total. The number of benzene rings is 1. The van der Waals surface area contributed by atoms with E-state index in [4.69, 9.17) is 5.73 Å². The zero-order valence-electron chi connectivity index (χ0n) is 7.79. The SMILES string of the molecule is Cc1cc([C@@H](N)[C@@H](C)O)ccc1I. The van der Waals surface area contributed by atoms with Crippen molar-refractivity contribution in [1.82, 2.24) is 0 Å². The van der Waals surface area contributed by atoms with Gasteiger partial charge in [-0.05, 0) is 53.6 Å². The van der Waals surface area contributed by atoms with Crippen molar-refractivity contribution in [3.05, 3.63) is 32.9 Å². The second kappa shape index (κ2) is 4.39. The van der Waals surface area contributed by atoms with E-state index in [1.165, 1.54) is 9.13 Å². The van der Waals surface area contributed by atoms with Crippen molar-refractivity contribution in [2.24, 2.45) is 5.73 Å². The minimum Gasteiger partial charge on any atom is -0.391 e. The average Bonchev–Trinajstić information content (AvgIpc) is 2.08. The maximum atomic E-state index is 9.31. The molecule has 1 aromatic carbocycles. The Balaban J connectivity index is 2.97. The number of halogens is 1. The summed E-state index contributed by atoms with van der Waals surface area (Å²) in [6.07, 6.45) is -0.500. The van der Waals surface area contributed by atoms with Crippen LogP contribution in [0.25, 0.3) is 0 Å². The van der Waals surface area contributed by atoms with Crippen molar-refractivity contribution >= 4 is 22.6 Å². The standard InChI is InChI=1S/C10H14INO/c1-6-5-8(3-4-9(6)11)10(12)7(2)13/h3-5,7,10,13H,12H2,1-2H3/t7-,10+/m1/s1. The van der Waals surface area contributed by atoms with E-state index in [1.807, 2.05) is 25.1 Å². The lowest BCUT2D eigenvalue weighted by Gasteiger charge is -2.15. The summed E-state index contributed by atoms with van der Waals surface area (Å²) in [6.45, 7) is 3.75. The Morgan fingerprint density at radius 2 is 2.08 bits per heavy atom. The summed E-state index contributed by atoms with van der Waals surface area (Å²) in [5.41, 5.74) is 8.00. The zero-order chi connectivity index (χ0) is 10.0. The first-order valence-electron chi connectivity index (χ1n) is 4.22. The summed E-state index contributed by atoms with van der Waals surface area (Å²) < 4.78 is 1.22. The molecule has 0 heterocycles. The molecule has 0 fully saturated rings. The van der Waals surface area contributed by atoms with Crippen LogP contribution < -0.4 is 5.73 Å². The molecule has 3 heteroatoms. The Kier molecular flexibility index (Phi) is 3.70. The van der Waals surface area contributed by atoms with E-state index in [0.29, 0.717) is 0 Å². The van der Waals surface area contributed by atoms with E-state index in [2.05, 4.69) is 22.6 Å². The van der Waals surface area contributed by atoms with Gasteiger partial charge in [-0.3, -0.25) is 0 Å². The van der Waals surface area contributed by atoms with E-state index in [0.717, 1.165) is 5.56 Å². The van der Waals surface area contributed by atoms with Gasteiger partial charge in [0.05, 0.1) is 12.1 Å². The molecule has 2 atom stereocenters. The van der Waals surface area contributed by atoms with Gasteiger partial charge in [-0.25, -0.2) is 0 Å². The van der Waals surface area contributed by atoms with E-state index < -0.39 is 6.10 Å². The van der Waals surface area contributed by atoms with E-state index in [-0.39, 0.29) is 6.04 Å². The van der Waals surface area contributed by atoms with Crippen LogP contribution in [0.1, 0.15) is 24.1 Å². The summed E-state index contributed by atoms with van der Waals surface area (Å²) in [5, 5.41) is 9.31. The van der Waals surface area contributed by atoms with Gasteiger partial charge in [0, 0.05) is 3.57 Å². The van der Waals surface area contributed by atoms with Gasteiger partial charge < -0.3 is 10.8 Å². The molecule has 72 valence electrons. The van der Waals surface area contributed by atoms with E-state index >= 15 is 0 Å². The van der Waals surface area contributed by atoms with Crippen molar-refractivity contribution < 1.29 is 5.11 Å². The highest BCUT2D eigenvalue weighted by atomic mass is 127. The smallest absolute Gasteiger partial charge is 0.0704 e. The first-order valence-corrected chi connectivity index (χ1v) is 5.30. The number of hydrogen-bond donors (Lipinski definition) is 2. The monoisotopic (exact) mass is 291 g/mol. The average molecular weight is 291 g/mol. The van der Waals surface area contributed by atoms with Crippen LogP contribution in [0.3, 0.4) is 0 Å². The fourth-order valence-electron chi connectivity index (χ4n) is 1.15. The normalized spacial score (nSPS) is 15.5. The van der Waals surface area contributed by atoms with Gasteiger partial charge in [0.25, 0.3) is 0 Å². The molecule has 3 N–H and O–H groups in total. The third-order valence-corrected chi connectivity index (χ3v) is 3.30. The van der Waals surface area contributed by atoms with Crippen LogP contribution in [0, 0.1) is 10.5 Å². The highest BCUT2D eigenvalue weighted by molar-refractivity contribution is 14.1. The summed E-state index contributed by atoms with van der Waals surface area (Å²) in [6, 6.07) is 5.73. The Bertz CT molecular complexity index is 299. The van der Waals surface area contributed by atoms with Crippen molar-refractivity contribution in [3.63, 3.8) is 0 Å². The molecule has 0 saturated heterocycles. The molecule has 1 aromatic rings. The van der Waals surface area contributed by atoms with Crippen LogP contribution in [0.4, 0.5) is 0 Å². The van der Waals surface area contributed by atoms with Crippen molar-refractivity contribution in [3.8, 4) is 0 Å². The van der Waals surface area contributed by atoms with Gasteiger partial charge in [0.2, 0.25) is 0 Å². The van der Waals surface area contributed by atoms with Gasteiger partial charge in [0.15, 0.2) is 0 Å². The maximum Gasteiger partial charge on any atom is 0.0704 e. The Morgan fingerprint density at radius 1 is 1.46 bits per heavy atom. The van der Waals surface area contributed by atoms with Crippen LogP contribution in [-0.4, -0.2) is 11.2 Å². The minimum atomic E-state index is -0.500. The minimum absolute atomic E-state index is 0.282. The number of aliphatic hydroxyl groups is 1. The van der Waals surface area contributed by atoms with E-state index in [1.54, 1.807) is 6.92 Å². The topological polar surface area (TPSA) is 46.2 Å². The molecule has 0 aliphatic carbocycles. The lowest BCUT2D eigenvalue weighted by molar-refractivity contribution is 0.164. The molecule has 0 spiro atoms. The molecular formula is C10H14INO. The summed E-state index contributed by atoms with van der Waals surface area (Å²) in [5.74, 6) is 0. The molecule has 0 amide bonds. The number of aryl methyl sites for hydroxylation is 1. The zero-order valence-corrected chi connectivity index (χ0v) is 9.95. The predicted molar refractivity (Wildman–Crippen MR) is 62.5 cm³/mol. The maximum absolute atomic E-state index is 9.31. The predicted octanol–water partition coefficient (Wildman–Crippen LogP) is 1.98. The molecule has 0 bridgehead atoms. The number of rotatable bonds is 2. The quantitative estimate of drug-likeness (QED) is 0.818. The van der Waals surface area contributed by atoms with E-state index in [9.17, 15) is 5.11 Å². The largest absolute Gasteiger partial charge is 0.391 e. The lowest BCUT2D eigenvalue weighted by atomic mass is 10.0. The van der Waals surface area contributed by atoms with Crippen molar-refractivity contribution in [1.29, 1.82) is 0 Å². The number of hydrogen-bond acceptors (Lipinski definition) is 2. The van der Waals surface area contributed by atoms with Crippen LogP contribution in [0.2, 0.25) is 0 Å².